The van der Waals surface area contributed by atoms with Crippen molar-refractivity contribution in [2.45, 2.75) is 13.5 Å². The van der Waals surface area contributed by atoms with Gasteiger partial charge in [0.05, 0.1) is 6.54 Å². The molecule has 0 atom stereocenters. The number of rotatable bonds is 3. The lowest BCUT2D eigenvalue weighted by molar-refractivity contribution is 0.0951. The molecule has 0 aliphatic carbocycles. The number of carbonyl (C=O) groups is 1. The molecule has 0 bridgehead atoms. The van der Waals surface area contributed by atoms with Crippen molar-refractivity contribution in [3.05, 3.63) is 70.8 Å². The first kappa shape index (κ1) is 14.8. The number of nitrogens with two attached hydrogens (primary N) is 1. The number of nitrogens with one attached hydrogen (secondary N) is 1. The minimum atomic E-state index is -0.0831. The van der Waals surface area contributed by atoms with Gasteiger partial charge in [-0.25, -0.2) is 0 Å². The zero-order chi connectivity index (χ0) is 15.1. The predicted molar refractivity (Wildman–Crippen MR) is 84.7 cm³/mol. The average molecular weight is 278 g/mol. The van der Waals surface area contributed by atoms with Gasteiger partial charge in [-0.15, -0.1) is 0 Å². The molecule has 0 radical (unpaired) electrons. The van der Waals surface area contributed by atoms with E-state index in [1.807, 2.05) is 49.4 Å². The summed E-state index contributed by atoms with van der Waals surface area (Å²) in [6.45, 7) is 2.79. The van der Waals surface area contributed by atoms with Crippen molar-refractivity contribution in [3.8, 4) is 11.8 Å². The highest BCUT2D eigenvalue weighted by Gasteiger charge is 2.06. The number of carbonyl (C=O) groups excluding carboxylic acids is 1. The zero-order valence-corrected chi connectivity index (χ0v) is 12.0. The van der Waals surface area contributed by atoms with Gasteiger partial charge in [-0.2, -0.15) is 0 Å². The summed E-state index contributed by atoms with van der Waals surface area (Å²) in [6.07, 6.45) is 0. The molecule has 21 heavy (non-hydrogen) atoms. The molecule has 0 saturated heterocycles. The largest absolute Gasteiger partial charge is 0.348 e. The summed E-state index contributed by atoms with van der Waals surface area (Å²) < 4.78 is 0. The Kier molecular flexibility index (Phi) is 5.14. The smallest absolute Gasteiger partial charge is 0.251 e. The van der Waals surface area contributed by atoms with E-state index in [9.17, 15) is 4.79 Å². The number of hydrogen-bond donors (Lipinski definition) is 2. The van der Waals surface area contributed by atoms with Crippen LogP contribution in [0.1, 0.15) is 27.0 Å². The van der Waals surface area contributed by atoms with Gasteiger partial charge in [0.1, 0.15) is 0 Å². The van der Waals surface area contributed by atoms with E-state index in [0.717, 1.165) is 16.7 Å². The van der Waals surface area contributed by atoms with Crippen LogP contribution in [0.5, 0.6) is 0 Å². The molecule has 0 aromatic heterocycles. The van der Waals surface area contributed by atoms with Gasteiger partial charge in [-0.3, -0.25) is 4.79 Å². The molecule has 3 nitrogen and oxygen atoms in total. The molecule has 0 spiro atoms. The fraction of sp³-hybridized carbons (Fsp3) is 0.167. The van der Waals surface area contributed by atoms with Crippen molar-refractivity contribution in [1.82, 2.24) is 5.32 Å². The van der Waals surface area contributed by atoms with E-state index in [0.29, 0.717) is 18.7 Å². The number of hydrogen-bond acceptors (Lipinski definition) is 2. The standard InChI is InChI=1S/C18H18N2O/c1-14-12-17(10-9-16(14)8-5-11-19)18(21)20-13-15-6-3-2-4-7-15/h2-4,6-7,9-10,12H,11,13,19H2,1H3,(H,20,21). The summed E-state index contributed by atoms with van der Waals surface area (Å²) in [4.78, 5) is 12.1. The van der Waals surface area contributed by atoms with E-state index < -0.39 is 0 Å². The number of benzene rings is 2. The molecule has 0 aliphatic rings. The molecule has 2 aromatic rings. The van der Waals surface area contributed by atoms with Gasteiger partial charge >= 0.3 is 0 Å². The fourth-order valence-electron chi connectivity index (χ4n) is 1.97. The van der Waals surface area contributed by atoms with E-state index in [2.05, 4.69) is 17.2 Å². The van der Waals surface area contributed by atoms with Crippen LogP contribution in [-0.2, 0) is 6.54 Å². The van der Waals surface area contributed by atoms with Gasteiger partial charge in [0.25, 0.3) is 5.91 Å². The fourth-order valence-corrected chi connectivity index (χ4v) is 1.97. The molecule has 0 aliphatic heterocycles. The van der Waals surface area contributed by atoms with Gasteiger partial charge in [0, 0.05) is 17.7 Å². The Balaban J connectivity index is 2.04. The van der Waals surface area contributed by atoms with Crippen molar-refractivity contribution in [1.29, 1.82) is 0 Å². The zero-order valence-electron chi connectivity index (χ0n) is 12.0. The van der Waals surface area contributed by atoms with Crippen LogP contribution in [0.4, 0.5) is 0 Å². The van der Waals surface area contributed by atoms with Crippen LogP contribution in [0.25, 0.3) is 0 Å². The van der Waals surface area contributed by atoms with E-state index in [4.69, 9.17) is 5.73 Å². The molecule has 1 amide bonds. The third-order valence-electron chi connectivity index (χ3n) is 3.11. The monoisotopic (exact) mass is 278 g/mol. The van der Waals surface area contributed by atoms with Crippen molar-refractivity contribution >= 4 is 5.91 Å². The highest BCUT2D eigenvalue weighted by atomic mass is 16.1. The molecule has 2 rings (SSSR count). The van der Waals surface area contributed by atoms with Crippen molar-refractivity contribution in [2.75, 3.05) is 6.54 Å². The second-order valence-corrected chi connectivity index (χ2v) is 4.70. The minimum Gasteiger partial charge on any atom is -0.348 e. The second-order valence-electron chi connectivity index (χ2n) is 4.70. The van der Waals surface area contributed by atoms with Crippen LogP contribution in [-0.4, -0.2) is 12.5 Å². The Morgan fingerprint density at radius 1 is 1.19 bits per heavy atom. The van der Waals surface area contributed by atoms with Crippen molar-refractivity contribution in [2.24, 2.45) is 5.73 Å². The first-order valence-electron chi connectivity index (χ1n) is 6.82. The first-order valence-corrected chi connectivity index (χ1v) is 6.82. The molecule has 0 saturated carbocycles. The number of aryl methyl sites for hydroxylation is 1. The average Bonchev–Trinajstić information content (AvgIpc) is 2.52. The molecule has 3 heteroatoms. The molecule has 0 unspecified atom stereocenters. The van der Waals surface area contributed by atoms with Crippen molar-refractivity contribution in [3.63, 3.8) is 0 Å². The third-order valence-corrected chi connectivity index (χ3v) is 3.11. The predicted octanol–water partition coefficient (Wildman–Crippen LogP) is 2.24. The molecule has 2 aromatic carbocycles. The molecular weight excluding hydrogens is 260 g/mol. The first-order chi connectivity index (χ1) is 10.2. The van der Waals surface area contributed by atoms with E-state index >= 15 is 0 Å². The van der Waals surface area contributed by atoms with Crippen LogP contribution in [0.15, 0.2) is 48.5 Å². The molecule has 3 N–H and O–H groups in total. The van der Waals surface area contributed by atoms with Crippen LogP contribution in [0, 0.1) is 18.8 Å². The Hall–Kier alpha value is -2.57. The van der Waals surface area contributed by atoms with Crippen molar-refractivity contribution < 1.29 is 4.79 Å². The van der Waals surface area contributed by atoms with Crippen LogP contribution >= 0.6 is 0 Å². The van der Waals surface area contributed by atoms with E-state index in [1.54, 1.807) is 6.07 Å². The lowest BCUT2D eigenvalue weighted by Crippen LogP contribution is -2.22. The summed E-state index contributed by atoms with van der Waals surface area (Å²) >= 11 is 0. The molecule has 0 heterocycles. The SMILES string of the molecule is Cc1cc(C(=O)NCc2ccccc2)ccc1C#CCN. The van der Waals surface area contributed by atoms with Gasteiger partial charge in [0.15, 0.2) is 0 Å². The van der Waals surface area contributed by atoms with Crippen LogP contribution in [0.2, 0.25) is 0 Å². The van der Waals surface area contributed by atoms with Gasteiger partial charge in [-0.05, 0) is 36.2 Å². The third kappa shape index (κ3) is 4.20. The molecule has 0 fully saturated rings. The highest BCUT2D eigenvalue weighted by Crippen LogP contribution is 2.10. The summed E-state index contributed by atoms with van der Waals surface area (Å²) in [6, 6.07) is 15.3. The number of amides is 1. The molecular formula is C18H18N2O. The summed E-state index contributed by atoms with van der Waals surface area (Å²) in [5.41, 5.74) is 8.96. The second kappa shape index (κ2) is 7.28. The van der Waals surface area contributed by atoms with Crippen LogP contribution < -0.4 is 11.1 Å². The topological polar surface area (TPSA) is 55.1 Å². The Morgan fingerprint density at radius 2 is 1.95 bits per heavy atom. The summed E-state index contributed by atoms with van der Waals surface area (Å²) in [5.74, 6) is 5.72. The van der Waals surface area contributed by atoms with Gasteiger partial charge < -0.3 is 11.1 Å². The Labute approximate surface area is 125 Å². The normalized spacial score (nSPS) is 9.62. The van der Waals surface area contributed by atoms with Gasteiger partial charge in [0.2, 0.25) is 0 Å². The Bertz CT molecular complexity index is 681. The summed E-state index contributed by atoms with van der Waals surface area (Å²) in [5, 5.41) is 2.91. The van der Waals surface area contributed by atoms with E-state index in [1.165, 1.54) is 0 Å². The summed E-state index contributed by atoms with van der Waals surface area (Å²) in [7, 11) is 0. The Morgan fingerprint density at radius 3 is 2.62 bits per heavy atom. The van der Waals surface area contributed by atoms with Crippen LogP contribution in [0.3, 0.4) is 0 Å². The maximum absolute atomic E-state index is 12.1. The lowest BCUT2D eigenvalue weighted by atomic mass is 10.0. The molecule has 106 valence electrons. The highest BCUT2D eigenvalue weighted by molar-refractivity contribution is 5.94. The lowest BCUT2D eigenvalue weighted by Gasteiger charge is -2.07. The maximum Gasteiger partial charge on any atom is 0.251 e. The van der Waals surface area contributed by atoms with E-state index in [-0.39, 0.29) is 5.91 Å². The van der Waals surface area contributed by atoms with Gasteiger partial charge in [-0.1, -0.05) is 42.2 Å². The minimum absolute atomic E-state index is 0.0831. The quantitative estimate of drug-likeness (QED) is 0.846. The maximum atomic E-state index is 12.1.